The summed E-state index contributed by atoms with van der Waals surface area (Å²) >= 11 is 0. The minimum atomic E-state index is -2.51. The van der Waals surface area contributed by atoms with Crippen LogP contribution in [0.25, 0.3) is 189 Å². The van der Waals surface area contributed by atoms with E-state index in [-0.39, 0.29) is 16.8 Å². The Hall–Kier alpha value is -16.2. The topological polar surface area (TPSA) is 44.0 Å². The van der Waals surface area contributed by atoms with Crippen LogP contribution < -0.4 is 22.8 Å². The summed E-state index contributed by atoms with van der Waals surface area (Å²) in [5.74, 6) is 7.36. The summed E-state index contributed by atoms with van der Waals surface area (Å²) in [7, 11) is 10.7. The Morgan fingerprint density at radius 3 is 0.757 bits per heavy atom. The fraction of sp³-hybridized carbons (Fsp3) is 0.210. The van der Waals surface area contributed by atoms with Gasteiger partial charge < -0.3 is 0 Å². The molecule has 0 fully saturated rings. The molecule has 5 aromatic heterocycles. The number of aryl methyl sites for hydroxylation is 14. The van der Waals surface area contributed by atoms with Gasteiger partial charge in [0.1, 0.15) is 22.7 Å². The highest BCUT2D eigenvalue weighted by Gasteiger charge is 2.38. The molecular formula is C138H139N10+5. The van der Waals surface area contributed by atoms with Crippen LogP contribution in [0.3, 0.4) is 0 Å². The fourth-order valence-corrected chi connectivity index (χ4v) is 22.9. The predicted octanol–water partition coefficient (Wildman–Crippen LogP) is 33.2. The number of para-hydroxylation sites is 4. The van der Waals surface area contributed by atoms with Gasteiger partial charge in [-0.1, -0.05) is 334 Å². The van der Waals surface area contributed by atoms with Gasteiger partial charge in [0.2, 0.25) is 0 Å². The van der Waals surface area contributed by atoms with Gasteiger partial charge >= 0.3 is 0 Å². The van der Waals surface area contributed by atoms with Crippen molar-refractivity contribution < 1.29 is 31.1 Å². The molecule has 10 nitrogen and oxygen atoms in total. The zero-order chi connectivity index (χ0) is 109. The summed E-state index contributed by atoms with van der Waals surface area (Å²) in [6.07, 6.45) is 0. The van der Waals surface area contributed by atoms with Crippen LogP contribution in [0.5, 0.6) is 0 Å². The lowest BCUT2D eigenvalue weighted by atomic mass is 9.92. The number of benzene rings is 19. The average molecular weight is 1940 g/mol. The van der Waals surface area contributed by atoms with Crippen molar-refractivity contribution >= 4 is 109 Å². The van der Waals surface area contributed by atoms with Gasteiger partial charge in [-0.25, -0.2) is 27.4 Å². The highest BCUT2D eigenvalue weighted by atomic mass is 15.2. The molecule has 0 aliphatic heterocycles. The number of nitrogens with zero attached hydrogens (tertiary/aromatic N) is 10. The van der Waals surface area contributed by atoms with E-state index < -0.39 is 13.7 Å². The Labute approximate surface area is 881 Å². The van der Waals surface area contributed by atoms with E-state index in [1.54, 1.807) is 0 Å². The zero-order valence-electron chi connectivity index (χ0n) is 95.7. The first kappa shape index (κ1) is 91.7. The van der Waals surface area contributed by atoms with Crippen LogP contribution in [0.2, 0.25) is 0 Å². The van der Waals surface area contributed by atoms with Crippen molar-refractivity contribution in [2.75, 3.05) is 0 Å². The normalized spacial score (nSPS) is 12.5. The maximum atomic E-state index is 8.26. The predicted molar refractivity (Wildman–Crippen MR) is 625 cm³/mol. The van der Waals surface area contributed by atoms with Gasteiger partial charge in [-0.05, 0) is 295 Å². The van der Waals surface area contributed by atoms with Crippen molar-refractivity contribution in [3.05, 3.63) is 448 Å². The Morgan fingerprint density at radius 2 is 0.439 bits per heavy atom. The Balaban J connectivity index is 0.000000116. The van der Waals surface area contributed by atoms with Crippen LogP contribution >= 0.6 is 0 Å². The van der Waals surface area contributed by atoms with Crippen LogP contribution in [0.1, 0.15) is 180 Å². The maximum absolute atomic E-state index is 8.26. The molecule has 5 heterocycles. The van der Waals surface area contributed by atoms with Crippen molar-refractivity contribution in [3.8, 4) is 79.7 Å². The maximum Gasteiger partial charge on any atom is 0.295 e. The van der Waals surface area contributed by atoms with Gasteiger partial charge in [-0.3, -0.25) is 0 Å². The summed E-state index contributed by atoms with van der Waals surface area (Å²) < 4.78 is 72.8. The molecule has 0 aliphatic rings. The van der Waals surface area contributed by atoms with Gasteiger partial charge in [0, 0.05) is 35.9 Å². The largest absolute Gasteiger partial charge is 0.295 e. The number of aromatic nitrogens is 10. The van der Waals surface area contributed by atoms with Gasteiger partial charge in [0.15, 0.2) is 55.2 Å². The molecule has 24 rings (SSSR count). The molecule has 0 spiro atoms. The van der Waals surface area contributed by atoms with Crippen LogP contribution in [-0.4, -0.2) is 22.8 Å². The molecule has 0 radical (unpaired) electrons. The first-order valence-electron chi connectivity index (χ1n) is 55.3. The summed E-state index contributed by atoms with van der Waals surface area (Å²) in [5, 5.41) is 12.3. The lowest BCUT2D eigenvalue weighted by molar-refractivity contribution is -0.634. The third-order valence-corrected chi connectivity index (χ3v) is 30.4. The van der Waals surface area contributed by atoms with Crippen molar-refractivity contribution in [2.24, 2.45) is 35.2 Å². The lowest BCUT2D eigenvalue weighted by Gasteiger charge is -2.18. The van der Waals surface area contributed by atoms with E-state index in [0.717, 1.165) is 38.8 Å². The monoisotopic (exact) mass is 1940 g/mol. The highest BCUT2D eigenvalue weighted by molar-refractivity contribution is 6.05. The first-order valence-corrected chi connectivity index (χ1v) is 52.3. The van der Waals surface area contributed by atoms with E-state index in [1.807, 2.05) is 77.7 Å². The summed E-state index contributed by atoms with van der Waals surface area (Å²) in [6, 6.07) is 133. The van der Waals surface area contributed by atoms with Crippen LogP contribution in [-0.2, 0) is 35.2 Å². The number of fused-ring (bicyclic) bond motifs is 11. The van der Waals surface area contributed by atoms with E-state index >= 15 is 0 Å². The quantitative estimate of drug-likeness (QED) is 0.0974. The van der Waals surface area contributed by atoms with Gasteiger partial charge in [0.25, 0.3) is 29.1 Å². The number of hydrogen-bond donors (Lipinski definition) is 0. The Kier molecular flexibility index (Phi) is 25.4. The van der Waals surface area contributed by atoms with Crippen molar-refractivity contribution in [3.63, 3.8) is 0 Å². The molecule has 24 aromatic rings. The van der Waals surface area contributed by atoms with Gasteiger partial charge in [-0.15, -0.1) is 0 Å². The van der Waals surface area contributed by atoms with Crippen LogP contribution in [0.4, 0.5) is 0 Å². The van der Waals surface area contributed by atoms with Crippen LogP contribution in [0, 0.1) is 62.2 Å². The molecule has 0 saturated carbocycles. The molecule has 148 heavy (non-hydrogen) atoms. The third kappa shape index (κ3) is 17.9. The molecular weight excluding hydrogens is 1800 g/mol. The molecule has 0 unspecified atom stereocenters. The van der Waals surface area contributed by atoms with Gasteiger partial charge in [0.05, 0.1) is 69.1 Å². The Bertz CT molecular complexity index is 9360. The number of hydrogen-bond acceptors (Lipinski definition) is 0. The van der Waals surface area contributed by atoms with Crippen molar-refractivity contribution in [1.29, 1.82) is 0 Å². The second kappa shape index (κ2) is 41.0. The molecule has 19 aromatic carbocycles. The molecule has 0 atom stereocenters. The first-order chi connectivity index (χ1) is 73.9. The zero-order valence-corrected chi connectivity index (χ0v) is 89.7. The summed E-state index contributed by atoms with van der Waals surface area (Å²) in [6.45, 7) is 33.1. The summed E-state index contributed by atoms with van der Waals surface area (Å²) in [5.41, 5.74) is 36.1. The average Bonchev–Trinajstić information content (AvgIpc) is 1.55. The summed E-state index contributed by atoms with van der Waals surface area (Å²) in [4.78, 5) is 0. The smallest absolute Gasteiger partial charge is 0.226 e. The van der Waals surface area contributed by atoms with Crippen molar-refractivity contribution in [1.82, 2.24) is 22.8 Å². The molecule has 0 aliphatic carbocycles. The van der Waals surface area contributed by atoms with Gasteiger partial charge in [-0.2, -0.15) is 18.3 Å². The highest BCUT2D eigenvalue weighted by Crippen LogP contribution is 2.45. The van der Waals surface area contributed by atoms with E-state index in [4.69, 9.17) is 8.22 Å². The molecule has 10 heteroatoms. The molecule has 0 amide bonds. The second-order valence-electron chi connectivity index (χ2n) is 41.8. The van der Waals surface area contributed by atoms with Crippen LogP contribution in [0.15, 0.2) is 376 Å². The van der Waals surface area contributed by atoms with Crippen molar-refractivity contribution in [2.45, 2.75) is 161 Å². The molecule has 0 N–H and O–H groups in total. The van der Waals surface area contributed by atoms with E-state index in [2.05, 4.69) is 479 Å². The molecule has 0 saturated heterocycles. The standard InChI is InChI=1S/2C31H33N2.2C27H25N2.C22H23N2/c1-20(2)25-16-11-17-26(21(3)4)30(25)33-29-19-24-14-9-8-13-23(24)18-28(29)32(6)31(33)27-15-10-7-12-22(27)5;1-20(2)24-16-11-17-25(21(3)4)29(24)33-28-19-18-23-13-8-10-15-27(23)30(28)32(6)31(33)26-14-9-7-12-22(26)5;2*1-18-10-5-8-15-23(18)27-28(4)24-16-21-13-6-7-14-22(21)17-25(24)29(27)26-19(2)11-9-12-20(26)3;1-15(2)24-21-14-18-11-7-6-10-17(18)13-20(21)23(4)22(24)19-12-8-5-9-16(19)3/h2*7-21H,1-6H3;2*5-17H,1-4H3;5-15H,1-4H3/q5*+1/i;;2D3,3D3;;. The minimum absolute atomic E-state index is 0.00613. The fourth-order valence-electron chi connectivity index (χ4n) is 22.9. The van der Waals surface area contributed by atoms with E-state index in [9.17, 15) is 0 Å². The second-order valence-corrected chi connectivity index (χ2v) is 41.8. The lowest BCUT2D eigenvalue weighted by Crippen LogP contribution is -2.30. The molecule has 736 valence electrons. The molecule has 0 bridgehead atoms. The number of rotatable bonds is 14. The third-order valence-electron chi connectivity index (χ3n) is 30.4. The minimum Gasteiger partial charge on any atom is -0.226 e. The van der Waals surface area contributed by atoms with E-state index in [1.165, 1.54) is 224 Å². The number of imidazole rings is 5. The SMILES string of the molecule is Cc1ccccc1-c1n(-c2c(C(C)C)cccc2C(C)C)c2cc3ccccc3cc2[n+]1C.Cc1ccccc1-c1n(-c2c(C(C)C)cccc2C(C)C)c2ccc3ccccc3c2[n+]1C.Cc1ccccc1-c1n(-c2c(C)cccc2C)c2cc3ccccc3cc2[n+]1C.Cc1ccccc1-c1n(C(C)C)c2cc3ccccc3cc2[n+]1C.[2H]C([2H])([2H])c1cccc(C([2H])([2H])[2H])c1-n1c(-c2ccccc2C)[n+](C)c2cc3ccccc3cc21. The van der Waals surface area contributed by atoms with E-state index in [0.29, 0.717) is 29.7 Å². The Morgan fingerprint density at radius 1 is 0.203 bits per heavy atom.